The molecule has 2 rings (SSSR count). The quantitative estimate of drug-likeness (QED) is 0.770. The van der Waals surface area contributed by atoms with Crippen LogP contribution in [-0.4, -0.2) is 33.0 Å². The molecule has 1 aliphatic rings. The third-order valence-corrected chi connectivity index (χ3v) is 3.10. The lowest BCUT2D eigenvalue weighted by Crippen LogP contribution is -2.21. The molecule has 0 bridgehead atoms. The number of ether oxygens (including phenoxy) is 1. The lowest BCUT2D eigenvalue weighted by molar-refractivity contribution is -0.149. The molecule has 18 heavy (non-hydrogen) atoms. The standard InChI is InChI=1S/C11H16N4O3/c1-7-10(11(12)17)13-14-15(7)6-9(16)18-8-4-2-3-5-8/h8H,2-6H2,1H3,(H2,12,17). The average Bonchev–Trinajstić information content (AvgIpc) is 2.90. The second-order valence-corrected chi connectivity index (χ2v) is 4.44. The minimum absolute atomic E-state index is 0.0249. The molecule has 98 valence electrons. The number of carbonyl (C=O) groups is 2. The van der Waals surface area contributed by atoms with E-state index in [0.29, 0.717) is 5.69 Å². The number of carbonyl (C=O) groups excluding carboxylic acids is 2. The van der Waals surface area contributed by atoms with Crippen LogP contribution in [0.3, 0.4) is 0 Å². The third kappa shape index (κ3) is 2.66. The molecule has 1 amide bonds. The monoisotopic (exact) mass is 252 g/mol. The first-order chi connectivity index (χ1) is 8.58. The van der Waals surface area contributed by atoms with E-state index in [1.807, 2.05) is 0 Å². The van der Waals surface area contributed by atoms with E-state index in [0.717, 1.165) is 25.7 Å². The number of primary amides is 1. The Labute approximate surface area is 104 Å². The van der Waals surface area contributed by atoms with Crippen molar-refractivity contribution in [3.63, 3.8) is 0 Å². The van der Waals surface area contributed by atoms with Crippen LogP contribution < -0.4 is 5.73 Å². The van der Waals surface area contributed by atoms with Crippen molar-refractivity contribution < 1.29 is 14.3 Å². The normalized spacial score (nSPS) is 15.8. The summed E-state index contributed by atoms with van der Waals surface area (Å²) in [7, 11) is 0. The molecule has 1 saturated carbocycles. The van der Waals surface area contributed by atoms with Crippen molar-refractivity contribution in [2.75, 3.05) is 0 Å². The van der Waals surface area contributed by atoms with Crippen LogP contribution in [-0.2, 0) is 16.1 Å². The molecule has 0 atom stereocenters. The van der Waals surface area contributed by atoms with Gasteiger partial charge in [0.1, 0.15) is 12.6 Å². The Kier molecular flexibility index (Phi) is 3.59. The minimum atomic E-state index is -0.650. The number of esters is 1. The van der Waals surface area contributed by atoms with Crippen LogP contribution in [0.5, 0.6) is 0 Å². The van der Waals surface area contributed by atoms with Gasteiger partial charge in [-0.05, 0) is 32.6 Å². The smallest absolute Gasteiger partial charge is 0.328 e. The summed E-state index contributed by atoms with van der Waals surface area (Å²) in [6.45, 7) is 1.60. The molecule has 2 N–H and O–H groups in total. The summed E-state index contributed by atoms with van der Waals surface area (Å²) >= 11 is 0. The molecular formula is C11H16N4O3. The summed E-state index contributed by atoms with van der Waals surface area (Å²) in [5.41, 5.74) is 5.68. The highest BCUT2D eigenvalue weighted by atomic mass is 16.5. The van der Waals surface area contributed by atoms with Crippen molar-refractivity contribution in [2.24, 2.45) is 5.73 Å². The molecule has 0 aromatic carbocycles. The van der Waals surface area contributed by atoms with Crippen molar-refractivity contribution >= 4 is 11.9 Å². The van der Waals surface area contributed by atoms with E-state index in [1.165, 1.54) is 4.68 Å². The zero-order chi connectivity index (χ0) is 13.1. The van der Waals surface area contributed by atoms with Gasteiger partial charge >= 0.3 is 5.97 Å². The Bertz CT molecular complexity index is 463. The van der Waals surface area contributed by atoms with Gasteiger partial charge in [0.25, 0.3) is 5.91 Å². The summed E-state index contributed by atoms with van der Waals surface area (Å²) in [4.78, 5) is 22.7. The summed E-state index contributed by atoms with van der Waals surface area (Å²) in [6.07, 6.45) is 4.08. The lowest BCUT2D eigenvalue weighted by Gasteiger charge is -2.11. The molecule has 0 unspecified atom stereocenters. The fourth-order valence-corrected chi connectivity index (χ4v) is 2.09. The summed E-state index contributed by atoms with van der Waals surface area (Å²) in [5, 5.41) is 7.35. The van der Waals surface area contributed by atoms with Gasteiger partial charge in [-0.25, -0.2) is 4.68 Å². The number of nitrogens with zero attached hydrogens (tertiary/aromatic N) is 3. The van der Waals surface area contributed by atoms with Crippen LogP contribution in [0.25, 0.3) is 0 Å². The van der Waals surface area contributed by atoms with Crippen molar-refractivity contribution in [1.29, 1.82) is 0 Å². The predicted molar refractivity (Wildman–Crippen MR) is 61.6 cm³/mol. The van der Waals surface area contributed by atoms with Crippen LogP contribution in [0.2, 0.25) is 0 Å². The fourth-order valence-electron chi connectivity index (χ4n) is 2.09. The number of nitrogens with two attached hydrogens (primary N) is 1. The van der Waals surface area contributed by atoms with Crippen LogP contribution in [0.4, 0.5) is 0 Å². The van der Waals surface area contributed by atoms with Crippen molar-refractivity contribution in [3.05, 3.63) is 11.4 Å². The highest BCUT2D eigenvalue weighted by Gasteiger charge is 2.21. The van der Waals surface area contributed by atoms with Crippen molar-refractivity contribution in [1.82, 2.24) is 15.0 Å². The summed E-state index contributed by atoms with van der Waals surface area (Å²) in [6, 6.07) is 0. The Balaban J connectivity index is 1.96. The zero-order valence-corrected chi connectivity index (χ0v) is 10.3. The van der Waals surface area contributed by atoms with E-state index in [2.05, 4.69) is 10.3 Å². The van der Waals surface area contributed by atoms with E-state index in [4.69, 9.17) is 10.5 Å². The topological polar surface area (TPSA) is 100 Å². The van der Waals surface area contributed by atoms with E-state index in [-0.39, 0.29) is 24.3 Å². The average molecular weight is 252 g/mol. The van der Waals surface area contributed by atoms with Gasteiger partial charge in [-0.1, -0.05) is 5.21 Å². The molecule has 1 aromatic rings. The fraction of sp³-hybridized carbons (Fsp3) is 0.636. The van der Waals surface area contributed by atoms with E-state index in [1.54, 1.807) is 6.92 Å². The highest BCUT2D eigenvalue weighted by Crippen LogP contribution is 2.21. The molecule has 0 spiro atoms. The van der Waals surface area contributed by atoms with Crippen LogP contribution in [0.1, 0.15) is 41.9 Å². The van der Waals surface area contributed by atoms with Crippen molar-refractivity contribution in [2.45, 2.75) is 45.3 Å². The Morgan fingerprint density at radius 1 is 1.44 bits per heavy atom. The maximum absolute atomic E-state index is 11.7. The van der Waals surface area contributed by atoms with Gasteiger partial charge in [-0.15, -0.1) is 5.10 Å². The number of hydrogen-bond acceptors (Lipinski definition) is 5. The molecular weight excluding hydrogens is 236 g/mol. The SMILES string of the molecule is Cc1c(C(N)=O)nnn1CC(=O)OC1CCCC1. The van der Waals surface area contributed by atoms with Gasteiger partial charge in [0.2, 0.25) is 0 Å². The van der Waals surface area contributed by atoms with Crippen LogP contribution in [0.15, 0.2) is 0 Å². The predicted octanol–water partition coefficient (Wildman–Crippen LogP) is 0.171. The van der Waals surface area contributed by atoms with Crippen molar-refractivity contribution in [3.8, 4) is 0 Å². The molecule has 0 aliphatic heterocycles. The van der Waals surface area contributed by atoms with Gasteiger partial charge in [0.15, 0.2) is 5.69 Å². The second kappa shape index (κ2) is 5.16. The van der Waals surface area contributed by atoms with Gasteiger partial charge in [0.05, 0.1) is 5.69 Å². The molecule has 1 fully saturated rings. The Morgan fingerprint density at radius 2 is 2.11 bits per heavy atom. The molecule has 7 nitrogen and oxygen atoms in total. The number of amides is 1. The lowest BCUT2D eigenvalue weighted by atomic mass is 10.3. The largest absolute Gasteiger partial charge is 0.461 e. The summed E-state index contributed by atoms with van der Waals surface area (Å²) < 4.78 is 6.63. The highest BCUT2D eigenvalue weighted by molar-refractivity contribution is 5.91. The minimum Gasteiger partial charge on any atom is -0.461 e. The first kappa shape index (κ1) is 12.5. The number of hydrogen-bond donors (Lipinski definition) is 1. The number of aromatic nitrogens is 3. The maximum Gasteiger partial charge on any atom is 0.328 e. The van der Waals surface area contributed by atoms with Gasteiger partial charge < -0.3 is 10.5 Å². The Hall–Kier alpha value is -1.92. The first-order valence-corrected chi connectivity index (χ1v) is 5.97. The Morgan fingerprint density at radius 3 is 2.67 bits per heavy atom. The van der Waals surface area contributed by atoms with E-state index >= 15 is 0 Å². The molecule has 0 radical (unpaired) electrons. The molecule has 7 heteroatoms. The molecule has 1 heterocycles. The van der Waals surface area contributed by atoms with Crippen LogP contribution in [0, 0.1) is 6.92 Å². The number of rotatable bonds is 4. The van der Waals surface area contributed by atoms with Gasteiger partial charge in [0, 0.05) is 0 Å². The molecule has 1 aliphatic carbocycles. The zero-order valence-electron chi connectivity index (χ0n) is 10.3. The van der Waals surface area contributed by atoms with E-state index in [9.17, 15) is 9.59 Å². The molecule has 1 aromatic heterocycles. The van der Waals surface area contributed by atoms with Gasteiger partial charge in [-0.2, -0.15) is 0 Å². The van der Waals surface area contributed by atoms with Crippen LogP contribution >= 0.6 is 0 Å². The van der Waals surface area contributed by atoms with E-state index < -0.39 is 5.91 Å². The maximum atomic E-state index is 11.7. The van der Waals surface area contributed by atoms with Gasteiger partial charge in [-0.3, -0.25) is 9.59 Å². The first-order valence-electron chi connectivity index (χ1n) is 5.97. The third-order valence-electron chi connectivity index (χ3n) is 3.10. The second-order valence-electron chi connectivity index (χ2n) is 4.44. The summed E-state index contributed by atoms with van der Waals surface area (Å²) in [5.74, 6) is -1.01. The molecule has 0 saturated heterocycles.